The van der Waals surface area contributed by atoms with Crippen molar-refractivity contribution in [3.63, 3.8) is 0 Å². The maximum Gasteiger partial charge on any atom is 0.360 e. The Morgan fingerprint density at radius 2 is 2.53 bits per heavy atom. The monoisotopic (exact) mass is 238 g/mol. The molecule has 0 spiro atoms. The minimum atomic E-state index is -0.407. The predicted molar refractivity (Wildman–Crippen MR) is 61.6 cm³/mol. The van der Waals surface area contributed by atoms with Crippen molar-refractivity contribution in [3.8, 4) is 0 Å². The number of piperidine rings is 1. The molecule has 1 atom stereocenters. The lowest BCUT2D eigenvalue weighted by atomic mass is 10.1. The molecule has 0 amide bonds. The molecule has 0 saturated carbocycles. The fourth-order valence-corrected chi connectivity index (χ4v) is 1.99. The van der Waals surface area contributed by atoms with E-state index >= 15 is 0 Å². The van der Waals surface area contributed by atoms with Gasteiger partial charge in [-0.1, -0.05) is 11.6 Å². The van der Waals surface area contributed by atoms with Gasteiger partial charge in [0.25, 0.3) is 0 Å². The van der Waals surface area contributed by atoms with Crippen LogP contribution in [0.15, 0.2) is 6.20 Å². The van der Waals surface area contributed by atoms with Crippen LogP contribution in [-0.2, 0) is 11.3 Å². The van der Waals surface area contributed by atoms with E-state index in [0.29, 0.717) is 12.6 Å². The van der Waals surface area contributed by atoms with Gasteiger partial charge in [-0.15, -0.1) is 5.10 Å². The van der Waals surface area contributed by atoms with Crippen LogP contribution in [0.2, 0.25) is 0 Å². The van der Waals surface area contributed by atoms with E-state index in [9.17, 15) is 4.79 Å². The van der Waals surface area contributed by atoms with Crippen molar-refractivity contribution in [1.29, 1.82) is 0 Å². The van der Waals surface area contributed by atoms with Gasteiger partial charge < -0.3 is 10.1 Å². The van der Waals surface area contributed by atoms with Crippen LogP contribution < -0.4 is 5.32 Å². The van der Waals surface area contributed by atoms with Crippen molar-refractivity contribution in [2.24, 2.45) is 0 Å². The third-order valence-corrected chi connectivity index (χ3v) is 2.84. The highest BCUT2D eigenvalue weighted by Crippen LogP contribution is 2.08. The molecule has 0 bridgehead atoms. The first-order chi connectivity index (χ1) is 8.29. The third kappa shape index (κ3) is 3.26. The number of nitrogens with one attached hydrogen (secondary N) is 1. The number of hydrogen-bond acceptors (Lipinski definition) is 5. The van der Waals surface area contributed by atoms with Crippen LogP contribution in [0.5, 0.6) is 0 Å². The summed E-state index contributed by atoms with van der Waals surface area (Å²) in [6.45, 7) is 3.95. The van der Waals surface area contributed by atoms with E-state index in [0.717, 1.165) is 19.5 Å². The molecular formula is C11H18N4O2. The summed E-state index contributed by atoms with van der Waals surface area (Å²) >= 11 is 0. The summed E-state index contributed by atoms with van der Waals surface area (Å²) in [7, 11) is 0. The first-order valence-corrected chi connectivity index (χ1v) is 6.10. The molecule has 0 unspecified atom stereocenters. The number of ether oxygens (including phenoxy) is 1. The fraction of sp³-hybridized carbons (Fsp3) is 0.727. The number of rotatable bonds is 4. The van der Waals surface area contributed by atoms with Crippen molar-refractivity contribution < 1.29 is 9.53 Å². The van der Waals surface area contributed by atoms with Gasteiger partial charge in [-0.3, -0.25) is 4.68 Å². The first kappa shape index (κ1) is 12.0. The highest BCUT2D eigenvalue weighted by Gasteiger charge is 2.16. The molecule has 1 aliphatic heterocycles. The van der Waals surface area contributed by atoms with Gasteiger partial charge in [0, 0.05) is 6.04 Å². The van der Waals surface area contributed by atoms with Crippen molar-refractivity contribution in [2.45, 2.75) is 38.8 Å². The van der Waals surface area contributed by atoms with E-state index in [1.54, 1.807) is 17.8 Å². The lowest BCUT2D eigenvalue weighted by molar-refractivity contribution is 0.0519. The van der Waals surface area contributed by atoms with Crippen molar-refractivity contribution >= 4 is 5.97 Å². The Bertz CT molecular complexity index is 371. The first-order valence-electron chi connectivity index (χ1n) is 6.10. The van der Waals surface area contributed by atoms with Crippen LogP contribution in [0.3, 0.4) is 0 Å². The largest absolute Gasteiger partial charge is 0.461 e. The Hall–Kier alpha value is -1.43. The zero-order valence-corrected chi connectivity index (χ0v) is 10.1. The molecule has 94 valence electrons. The van der Waals surface area contributed by atoms with Gasteiger partial charge >= 0.3 is 5.97 Å². The average molecular weight is 238 g/mol. The molecule has 2 heterocycles. The summed E-state index contributed by atoms with van der Waals surface area (Å²) in [4.78, 5) is 11.4. The van der Waals surface area contributed by atoms with E-state index < -0.39 is 5.97 Å². The lowest BCUT2D eigenvalue weighted by Gasteiger charge is -2.22. The van der Waals surface area contributed by atoms with Gasteiger partial charge in [-0.2, -0.15) is 0 Å². The van der Waals surface area contributed by atoms with E-state index in [4.69, 9.17) is 4.74 Å². The summed E-state index contributed by atoms with van der Waals surface area (Å²) < 4.78 is 6.56. The molecule has 6 nitrogen and oxygen atoms in total. The summed E-state index contributed by atoms with van der Waals surface area (Å²) in [5.74, 6) is -0.407. The standard InChI is InChI=1S/C11H18N4O2/c1-2-17-11(16)10-8-15(14-13-10)7-9-5-3-4-6-12-9/h8-9,12H,2-7H2,1H3/t9-/m1/s1. The zero-order valence-electron chi connectivity index (χ0n) is 10.1. The van der Waals surface area contributed by atoms with E-state index in [2.05, 4.69) is 15.6 Å². The molecule has 0 radical (unpaired) electrons. The molecule has 0 aliphatic carbocycles. The molecule has 1 fully saturated rings. The van der Waals surface area contributed by atoms with Gasteiger partial charge in [0.1, 0.15) is 0 Å². The van der Waals surface area contributed by atoms with Gasteiger partial charge in [0.05, 0.1) is 19.3 Å². The molecular weight excluding hydrogens is 220 g/mol. The molecule has 1 aromatic rings. The molecule has 0 aromatic carbocycles. The van der Waals surface area contributed by atoms with Crippen LogP contribution in [-0.4, -0.2) is 40.2 Å². The zero-order chi connectivity index (χ0) is 12.1. The third-order valence-electron chi connectivity index (χ3n) is 2.84. The summed E-state index contributed by atoms with van der Waals surface area (Å²) in [5, 5.41) is 11.2. The van der Waals surface area contributed by atoms with Gasteiger partial charge in [0.2, 0.25) is 0 Å². The topological polar surface area (TPSA) is 69.0 Å². The number of carbonyl (C=O) groups is 1. The van der Waals surface area contributed by atoms with Gasteiger partial charge in [-0.05, 0) is 26.3 Å². The smallest absolute Gasteiger partial charge is 0.360 e. The maximum absolute atomic E-state index is 11.4. The SMILES string of the molecule is CCOC(=O)c1cn(C[C@H]2CCCCN2)nn1. The van der Waals surface area contributed by atoms with Crippen molar-refractivity contribution in [3.05, 3.63) is 11.9 Å². The Labute approximate surface area is 100 Å². The summed E-state index contributed by atoms with van der Waals surface area (Å²) in [6, 6.07) is 0.431. The fourth-order valence-electron chi connectivity index (χ4n) is 1.99. The lowest BCUT2D eigenvalue weighted by Crippen LogP contribution is -2.37. The maximum atomic E-state index is 11.4. The predicted octanol–water partition coefficient (Wildman–Crippen LogP) is 0.597. The quantitative estimate of drug-likeness (QED) is 0.778. The van der Waals surface area contributed by atoms with Crippen molar-refractivity contribution in [1.82, 2.24) is 20.3 Å². The second kappa shape index (κ2) is 5.77. The van der Waals surface area contributed by atoms with Crippen LogP contribution >= 0.6 is 0 Å². The molecule has 6 heteroatoms. The highest BCUT2D eigenvalue weighted by molar-refractivity contribution is 5.86. The number of esters is 1. The normalized spacial score (nSPS) is 20.2. The summed E-state index contributed by atoms with van der Waals surface area (Å²) in [5.41, 5.74) is 0.280. The van der Waals surface area contributed by atoms with E-state index in [1.807, 2.05) is 0 Å². The minimum Gasteiger partial charge on any atom is -0.461 e. The second-order valence-electron chi connectivity index (χ2n) is 4.19. The van der Waals surface area contributed by atoms with Crippen LogP contribution in [0.4, 0.5) is 0 Å². The number of hydrogen-bond donors (Lipinski definition) is 1. The molecule has 17 heavy (non-hydrogen) atoms. The highest BCUT2D eigenvalue weighted by atomic mass is 16.5. The average Bonchev–Trinajstić information content (AvgIpc) is 2.79. The van der Waals surface area contributed by atoms with Crippen LogP contribution in [0, 0.1) is 0 Å². The molecule has 1 aliphatic rings. The van der Waals surface area contributed by atoms with Crippen molar-refractivity contribution in [2.75, 3.05) is 13.2 Å². The van der Waals surface area contributed by atoms with Crippen LogP contribution in [0.1, 0.15) is 36.7 Å². The van der Waals surface area contributed by atoms with Gasteiger partial charge in [0.15, 0.2) is 5.69 Å². The molecule has 2 rings (SSSR count). The van der Waals surface area contributed by atoms with E-state index in [-0.39, 0.29) is 5.69 Å². The van der Waals surface area contributed by atoms with Crippen LogP contribution in [0.25, 0.3) is 0 Å². The Balaban J connectivity index is 1.91. The Kier molecular flexibility index (Phi) is 4.08. The second-order valence-corrected chi connectivity index (χ2v) is 4.19. The minimum absolute atomic E-state index is 0.280. The van der Waals surface area contributed by atoms with E-state index in [1.165, 1.54) is 12.8 Å². The molecule has 1 aromatic heterocycles. The molecule has 1 N–H and O–H groups in total. The number of nitrogens with zero attached hydrogens (tertiary/aromatic N) is 3. The molecule has 1 saturated heterocycles. The Morgan fingerprint density at radius 1 is 1.65 bits per heavy atom. The summed E-state index contributed by atoms with van der Waals surface area (Å²) in [6.07, 6.45) is 5.28. The number of aromatic nitrogens is 3. The number of carbonyl (C=O) groups excluding carboxylic acids is 1. The van der Waals surface area contributed by atoms with Gasteiger partial charge in [-0.25, -0.2) is 4.79 Å². The Morgan fingerprint density at radius 3 is 3.24 bits per heavy atom.